The Labute approximate surface area is 183 Å². The summed E-state index contributed by atoms with van der Waals surface area (Å²) in [6, 6.07) is 19.7. The van der Waals surface area contributed by atoms with E-state index in [4.69, 9.17) is 0 Å². The first-order valence-electron chi connectivity index (χ1n) is 10.8. The van der Waals surface area contributed by atoms with E-state index in [0.29, 0.717) is 13.0 Å². The van der Waals surface area contributed by atoms with Crippen LogP contribution in [0, 0.1) is 6.92 Å². The maximum atomic E-state index is 13.7. The van der Waals surface area contributed by atoms with E-state index in [-0.39, 0.29) is 17.9 Å². The molecule has 0 saturated heterocycles. The lowest BCUT2D eigenvalue weighted by molar-refractivity contribution is -0.128. The van der Waals surface area contributed by atoms with Crippen molar-refractivity contribution in [2.45, 2.75) is 45.3 Å². The average Bonchev–Trinajstić information content (AvgIpc) is 2.92. The van der Waals surface area contributed by atoms with Gasteiger partial charge in [-0.1, -0.05) is 54.6 Å². The first-order valence-corrected chi connectivity index (χ1v) is 10.8. The number of hydrogen-bond acceptors (Lipinski definition) is 3. The Balaban J connectivity index is 1.74. The number of likely N-dealkylation sites (N-methyl/N-ethyl adjacent to an activating group) is 1. The van der Waals surface area contributed by atoms with Crippen LogP contribution in [0.2, 0.25) is 0 Å². The molecule has 1 heterocycles. The molecule has 5 nitrogen and oxygen atoms in total. The number of rotatable bonds is 5. The summed E-state index contributed by atoms with van der Waals surface area (Å²) in [5.74, 6) is -0.220. The molecule has 0 spiro atoms. The Bertz CT molecular complexity index is 1120. The highest BCUT2D eigenvalue weighted by Crippen LogP contribution is 2.31. The summed E-state index contributed by atoms with van der Waals surface area (Å²) in [6.07, 6.45) is 1.33. The van der Waals surface area contributed by atoms with Crippen LogP contribution in [0.4, 0.5) is 5.69 Å². The van der Waals surface area contributed by atoms with E-state index in [0.717, 1.165) is 39.6 Å². The molecule has 3 aromatic rings. The van der Waals surface area contributed by atoms with E-state index >= 15 is 0 Å². The number of hydrogen-bond donors (Lipinski definition) is 2. The van der Waals surface area contributed by atoms with Crippen LogP contribution in [0.3, 0.4) is 0 Å². The van der Waals surface area contributed by atoms with Gasteiger partial charge in [0.25, 0.3) is 0 Å². The van der Waals surface area contributed by atoms with Crippen LogP contribution in [-0.4, -0.2) is 30.9 Å². The van der Waals surface area contributed by atoms with Gasteiger partial charge in [0.1, 0.15) is 6.04 Å². The number of amides is 2. The van der Waals surface area contributed by atoms with Crippen LogP contribution in [0.5, 0.6) is 0 Å². The van der Waals surface area contributed by atoms with Gasteiger partial charge in [-0.3, -0.25) is 9.59 Å². The lowest BCUT2D eigenvalue weighted by Crippen LogP contribution is -2.52. The first-order chi connectivity index (χ1) is 15.0. The summed E-state index contributed by atoms with van der Waals surface area (Å²) in [6.45, 7) is 4.35. The molecule has 1 aliphatic rings. The van der Waals surface area contributed by atoms with Gasteiger partial charge >= 0.3 is 0 Å². The molecule has 0 saturated carbocycles. The lowest BCUT2D eigenvalue weighted by atomic mass is 9.99. The van der Waals surface area contributed by atoms with Crippen molar-refractivity contribution in [3.63, 3.8) is 0 Å². The van der Waals surface area contributed by atoms with Crippen LogP contribution in [0.25, 0.3) is 10.8 Å². The van der Waals surface area contributed by atoms with Crippen molar-refractivity contribution in [2.75, 3.05) is 11.9 Å². The SMILES string of the molecule is CN[C@@H](C)C(=O)N[C@H]1CCc2ccccc2N(Cc2c(C)ccc3ccccc23)C1=O. The standard InChI is InChI=1S/C26H29N3O2/c1-17-12-13-19-8-4-6-10-21(19)22(17)16-29-24-11-7-5-9-20(24)14-15-23(26(29)31)28-25(30)18(2)27-3/h4-13,18,23,27H,14-16H2,1-3H3,(H,28,30)/t18-,23-/m0/s1. The van der Waals surface area contributed by atoms with Gasteiger partial charge in [-0.2, -0.15) is 0 Å². The molecule has 160 valence electrons. The fraction of sp³-hybridized carbons (Fsp3) is 0.308. The smallest absolute Gasteiger partial charge is 0.249 e. The Kier molecular flexibility index (Phi) is 6.05. The maximum absolute atomic E-state index is 13.7. The number of aryl methyl sites for hydroxylation is 2. The second kappa shape index (κ2) is 8.90. The number of nitrogens with one attached hydrogen (secondary N) is 2. The molecule has 2 atom stereocenters. The third-order valence-electron chi connectivity index (χ3n) is 6.28. The van der Waals surface area contributed by atoms with Crippen molar-refractivity contribution in [1.29, 1.82) is 0 Å². The number of fused-ring (bicyclic) bond motifs is 2. The van der Waals surface area contributed by atoms with Crippen LogP contribution in [0.1, 0.15) is 30.0 Å². The van der Waals surface area contributed by atoms with Crippen LogP contribution >= 0.6 is 0 Å². The quantitative estimate of drug-likeness (QED) is 0.668. The van der Waals surface area contributed by atoms with E-state index in [1.807, 2.05) is 35.2 Å². The molecule has 0 fully saturated rings. The van der Waals surface area contributed by atoms with E-state index in [1.165, 1.54) is 0 Å². The molecule has 2 amide bonds. The molecule has 0 radical (unpaired) electrons. The zero-order chi connectivity index (χ0) is 22.0. The van der Waals surface area contributed by atoms with Crippen LogP contribution < -0.4 is 15.5 Å². The van der Waals surface area contributed by atoms with E-state index < -0.39 is 6.04 Å². The first kappa shape index (κ1) is 21.1. The largest absolute Gasteiger partial charge is 0.343 e. The third kappa shape index (κ3) is 4.19. The summed E-state index contributed by atoms with van der Waals surface area (Å²) in [7, 11) is 1.74. The van der Waals surface area contributed by atoms with Crippen molar-refractivity contribution in [3.8, 4) is 0 Å². The molecule has 0 bridgehead atoms. The molecule has 4 rings (SSSR count). The summed E-state index contributed by atoms with van der Waals surface area (Å²) >= 11 is 0. The molecule has 1 aliphatic heterocycles. The van der Waals surface area contributed by atoms with Gasteiger partial charge in [-0.15, -0.1) is 0 Å². The molecular formula is C26H29N3O2. The molecule has 3 aromatic carbocycles. The lowest BCUT2D eigenvalue weighted by Gasteiger charge is -2.28. The predicted octanol–water partition coefficient (Wildman–Crippen LogP) is 3.72. The van der Waals surface area contributed by atoms with E-state index in [1.54, 1.807) is 14.0 Å². The fourth-order valence-corrected chi connectivity index (χ4v) is 4.25. The molecule has 5 heteroatoms. The van der Waals surface area contributed by atoms with Crippen LogP contribution in [0.15, 0.2) is 60.7 Å². The predicted molar refractivity (Wildman–Crippen MR) is 125 cm³/mol. The van der Waals surface area contributed by atoms with Gasteiger partial charge in [-0.25, -0.2) is 0 Å². The molecule has 0 aromatic heterocycles. The molecule has 2 N–H and O–H groups in total. The van der Waals surface area contributed by atoms with Gasteiger partial charge in [-0.05, 0) is 67.3 Å². The molecule has 0 aliphatic carbocycles. The number of carbonyl (C=O) groups is 2. The zero-order valence-electron chi connectivity index (χ0n) is 18.3. The normalized spacial score (nSPS) is 17.2. The van der Waals surface area contributed by atoms with Gasteiger partial charge in [0.2, 0.25) is 11.8 Å². The monoisotopic (exact) mass is 415 g/mol. The second-order valence-electron chi connectivity index (χ2n) is 8.25. The average molecular weight is 416 g/mol. The number of carbonyl (C=O) groups excluding carboxylic acids is 2. The number of anilines is 1. The van der Waals surface area contributed by atoms with E-state index in [9.17, 15) is 9.59 Å². The van der Waals surface area contributed by atoms with Gasteiger partial charge in [0, 0.05) is 5.69 Å². The van der Waals surface area contributed by atoms with Gasteiger partial charge in [0.05, 0.1) is 12.6 Å². The summed E-state index contributed by atoms with van der Waals surface area (Å²) in [5.41, 5.74) is 4.35. The van der Waals surface area contributed by atoms with Crippen molar-refractivity contribution in [1.82, 2.24) is 10.6 Å². The minimum absolute atomic E-state index is 0.0612. The Morgan fingerprint density at radius 1 is 1.10 bits per heavy atom. The minimum atomic E-state index is -0.550. The molecular weight excluding hydrogens is 386 g/mol. The summed E-state index contributed by atoms with van der Waals surface area (Å²) in [5, 5.41) is 8.23. The highest BCUT2D eigenvalue weighted by molar-refractivity contribution is 6.01. The summed E-state index contributed by atoms with van der Waals surface area (Å²) in [4.78, 5) is 28.1. The third-order valence-corrected chi connectivity index (χ3v) is 6.28. The van der Waals surface area contributed by atoms with Crippen molar-refractivity contribution < 1.29 is 9.59 Å². The highest BCUT2D eigenvalue weighted by atomic mass is 16.2. The maximum Gasteiger partial charge on any atom is 0.249 e. The number of nitrogens with zero attached hydrogens (tertiary/aromatic N) is 1. The Morgan fingerprint density at radius 2 is 1.84 bits per heavy atom. The number of benzene rings is 3. The zero-order valence-corrected chi connectivity index (χ0v) is 18.3. The van der Waals surface area contributed by atoms with E-state index in [2.05, 4.69) is 47.9 Å². The Hall–Kier alpha value is -3.18. The molecule has 0 unspecified atom stereocenters. The number of para-hydroxylation sites is 1. The Morgan fingerprint density at radius 3 is 2.65 bits per heavy atom. The minimum Gasteiger partial charge on any atom is -0.343 e. The topological polar surface area (TPSA) is 61.4 Å². The van der Waals surface area contributed by atoms with Gasteiger partial charge < -0.3 is 15.5 Å². The highest BCUT2D eigenvalue weighted by Gasteiger charge is 2.32. The van der Waals surface area contributed by atoms with Crippen molar-refractivity contribution >= 4 is 28.3 Å². The van der Waals surface area contributed by atoms with Crippen LogP contribution in [-0.2, 0) is 22.6 Å². The summed E-state index contributed by atoms with van der Waals surface area (Å²) < 4.78 is 0. The second-order valence-corrected chi connectivity index (χ2v) is 8.25. The fourth-order valence-electron chi connectivity index (χ4n) is 4.25. The van der Waals surface area contributed by atoms with Crippen molar-refractivity contribution in [2.24, 2.45) is 0 Å². The van der Waals surface area contributed by atoms with Gasteiger partial charge in [0.15, 0.2) is 0 Å². The van der Waals surface area contributed by atoms with Crippen molar-refractivity contribution in [3.05, 3.63) is 77.4 Å². The molecule has 31 heavy (non-hydrogen) atoms.